The van der Waals surface area contributed by atoms with Crippen LogP contribution in [0.25, 0.3) is 0 Å². The molecule has 0 aliphatic heterocycles. The van der Waals surface area contributed by atoms with Gasteiger partial charge in [-0.2, -0.15) is 0 Å². The van der Waals surface area contributed by atoms with Crippen LogP contribution in [0.4, 0.5) is 0 Å². The van der Waals surface area contributed by atoms with Crippen LogP contribution >= 0.6 is 90.4 Å². The quantitative estimate of drug-likeness (QED) is 0.0763. The number of hydrogen-bond acceptors (Lipinski definition) is 8. The van der Waals surface area contributed by atoms with Crippen LogP contribution in [0, 0.1) is 14.3 Å². The minimum absolute atomic E-state index is 0.112. The number of rotatable bonds is 17. The van der Waals surface area contributed by atoms with E-state index >= 15 is 0 Å². The lowest BCUT2D eigenvalue weighted by atomic mass is 9.99. The van der Waals surface area contributed by atoms with Gasteiger partial charge in [0.05, 0.1) is 14.3 Å². The van der Waals surface area contributed by atoms with Crippen LogP contribution in [-0.2, 0) is 31.9 Å². The highest BCUT2D eigenvalue weighted by molar-refractivity contribution is 14.1. The maximum absolute atomic E-state index is 12.6. The Morgan fingerprint density at radius 1 is 0.518 bits per heavy atom. The molecule has 56 heavy (non-hydrogen) atoms. The second kappa shape index (κ2) is 20.3. The predicted octanol–water partition coefficient (Wildman–Crippen LogP) is 12.8. The Labute approximate surface area is 384 Å². The number of hydrogen-bond donors (Lipinski definition) is 0. The zero-order valence-electron chi connectivity index (χ0n) is 31.6. The zero-order chi connectivity index (χ0) is 39.7. The molecule has 8 nitrogen and oxygen atoms in total. The molecule has 0 aromatic heterocycles. The minimum Gasteiger partial charge on any atom is -0.481 e. The van der Waals surface area contributed by atoms with Gasteiger partial charge in [-0.05, 0) is 227 Å². The number of benzene rings is 4. The van der Waals surface area contributed by atoms with Crippen LogP contribution in [0.3, 0.4) is 0 Å². The summed E-state index contributed by atoms with van der Waals surface area (Å²) in [5, 5.41) is 0. The van der Waals surface area contributed by atoms with Crippen LogP contribution in [0.2, 0.25) is 0 Å². The van der Waals surface area contributed by atoms with Crippen LogP contribution in [0.5, 0.6) is 34.5 Å². The number of ether oxygens (including phenoxy) is 6. The maximum Gasteiger partial charge on any atom is 0.344 e. The van der Waals surface area contributed by atoms with E-state index in [-0.39, 0.29) is 36.4 Å². The van der Waals surface area contributed by atoms with Gasteiger partial charge in [-0.3, -0.25) is 0 Å². The summed E-state index contributed by atoms with van der Waals surface area (Å²) in [7, 11) is 0. The molecule has 2 fully saturated rings. The van der Waals surface area contributed by atoms with E-state index in [0.29, 0.717) is 11.5 Å². The third-order valence-electron chi connectivity index (χ3n) is 10.6. The average Bonchev–Trinajstić information content (AvgIpc) is 3.87. The zero-order valence-corrected chi connectivity index (χ0v) is 40.2. The molecule has 0 radical (unpaired) electrons. The Morgan fingerprint density at radius 2 is 0.839 bits per heavy atom. The molecule has 2 saturated carbocycles. The average molecular weight is 1210 g/mol. The second-order valence-corrected chi connectivity index (χ2v) is 19.1. The molecule has 0 atom stereocenters. The van der Waals surface area contributed by atoms with Crippen LogP contribution in [-0.4, -0.2) is 36.4 Å². The summed E-state index contributed by atoms with van der Waals surface area (Å²) in [6.07, 6.45) is 11.6. The first-order valence-corrected chi connectivity index (χ1v) is 23.5. The molecule has 0 saturated heterocycles. The predicted molar refractivity (Wildman–Crippen MR) is 250 cm³/mol. The number of aryl methyl sites for hydroxylation is 2. The maximum atomic E-state index is 12.6. The number of carbonyl (C=O) groups is 2. The first-order valence-electron chi connectivity index (χ1n) is 19.2. The lowest BCUT2D eigenvalue weighted by Gasteiger charge is -2.27. The van der Waals surface area contributed by atoms with Gasteiger partial charge in [-0.1, -0.05) is 38.1 Å². The van der Waals surface area contributed by atoms with Gasteiger partial charge in [-0.25, -0.2) is 9.59 Å². The lowest BCUT2D eigenvalue weighted by Crippen LogP contribution is -2.33. The highest BCUT2D eigenvalue weighted by Gasteiger charge is 2.37. The molecule has 298 valence electrons. The van der Waals surface area contributed by atoms with Crippen molar-refractivity contribution in [1.29, 1.82) is 0 Å². The molecule has 0 spiro atoms. The van der Waals surface area contributed by atoms with E-state index in [1.165, 1.54) is 11.1 Å². The van der Waals surface area contributed by atoms with Crippen molar-refractivity contribution >= 4 is 102 Å². The fourth-order valence-electron chi connectivity index (χ4n) is 7.30. The molecular formula is C44H46I4O8. The third-order valence-corrected chi connectivity index (χ3v) is 14.0. The van der Waals surface area contributed by atoms with E-state index in [4.69, 9.17) is 28.4 Å². The first-order chi connectivity index (χ1) is 27.0. The van der Waals surface area contributed by atoms with Gasteiger partial charge in [0.25, 0.3) is 0 Å². The summed E-state index contributed by atoms with van der Waals surface area (Å²) in [5.74, 6) is 3.59. The summed E-state index contributed by atoms with van der Waals surface area (Å²) >= 11 is 8.89. The number of carbonyl (C=O) groups excluding carboxylic acids is 2. The van der Waals surface area contributed by atoms with E-state index < -0.39 is 0 Å². The van der Waals surface area contributed by atoms with Gasteiger partial charge in [0.2, 0.25) is 0 Å². The van der Waals surface area contributed by atoms with Crippen molar-refractivity contribution in [2.75, 3.05) is 13.2 Å². The van der Waals surface area contributed by atoms with Crippen molar-refractivity contribution in [3.8, 4) is 34.5 Å². The molecule has 0 N–H and O–H groups in total. The fourth-order valence-corrected chi connectivity index (χ4v) is 9.58. The molecule has 12 heteroatoms. The molecule has 2 aliphatic carbocycles. The van der Waals surface area contributed by atoms with Crippen LogP contribution in [0.15, 0.2) is 72.8 Å². The molecule has 0 bridgehead atoms. The van der Waals surface area contributed by atoms with Gasteiger partial charge >= 0.3 is 11.9 Å². The molecule has 6 rings (SSSR count). The first kappa shape index (κ1) is 43.5. The van der Waals surface area contributed by atoms with Gasteiger partial charge < -0.3 is 28.4 Å². The number of esters is 2. The smallest absolute Gasteiger partial charge is 0.344 e. The fraction of sp³-hybridized carbons (Fsp3) is 0.409. The summed E-state index contributed by atoms with van der Waals surface area (Å²) in [6, 6.07) is 24.0. The van der Waals surface area contributed by atoms with Crippen molar-refractivity contribution in [2.45, 2.75) is 102 Å². The highest BCUT2D eigenvalue weighted by Crippen LogP contribution is 2.39. The van der Waals surface area contributed by atoms with Crippen LogP contribution in [0.1, 0.15) is 89.2 Å². The Kier molecular flexibility index (Phi) is 15.8. The van der Waals surface area contributed by atoms with E-state index in [1.54, 1.807) is 0 Å². The Morgan fingerprint density at radius 3 is 1.18 bits per heavy atom. The summed E-state index contributed by atoms with van der Waals surface area (Å²) in [4.78, 5) is 25.2. The molecule has 4 aromatic carbocycles. The van der Waals surface area contributed by atoms with Gasteiger partial charge in [0, 0.05) is 0 Å². The van der Waals surface area contributed by atoms with E-state index in [9.17, 15) is 9.59 Å². The van der Waals surface area contributed by atoms with Crippen molar-refractivity contribution in [3.63, 3.8) is 0 Å². The Hall–Kier alpha value is -2.06. The molecule has 4 aromatic rings. The van der Waals surface area contributed by atoms with Crippen LogP contribution < -0.4 is 18.9 Å². The highest BCUT2D eigenvalue weighted by atomic mass is 127. The summed E-state index contributed by atoms with van der Waals surface area (Å²) in [6.45, 7) is 3.94. The third kappa shape index (κ3) is 11.8. The molecular weight excluding hydrogens is 1160 g/mol. The van der Waals surface area contributed by atoms with Crippen molar-refractivity contribution in [3.05, 3.63) is 98.2 Å². The minimum atomic E-state index is -0.323. The summed E-state index contributed by atoms with van der Waals surface area (Å²) in [5.41, 5.74) is 1.78. The normalized spacial score (nSPS) is 15.6. The number of halogens is 4. The molecule has 0 heterocycles. The van der Waals surface area contributed by atoms with Gasteiger partial charge in [0.1, 0.15) is 45.7 Å². The molecule has 2 aliphatic rings. The largest absolute Gasteiger partial charge is 0.481 e. The monoisotopic (exact) mass is 1210 g/mol. The standard InChI is InChI=1S/C44H46I4O8/c1-3-43(19-5-6-20-43)55-41(49)27-51-37-23-35(47)39(25-33(37)45)53-31-15-11-29(12-16-31)9-10-30-13-17-32(18-14-30)54-40-26-34(46)38(24-36(40)48)52-28-42(50)56-44(4-2)21-7-8-22-44/h11-18,23-26H,3-10,19-22,27-28H2,1-2H3. The molecule has 0 unspecified atom stereocenters. The van der Waals surface area contributed by atoms with E-state index in [1.807, 2.05) is 48.5 Å². The SMILES string of the molecule is CCC1(OC(=O)COc2cc(I)c(Oc3ccc(CCc4ccc(Oc5cc(I)c(OCC(=O)OC6(CC)CCCC6)cc5I)cc4)cc3)cc2I)CCCC1. The van der Waals surface area contributed by atoms with Crippen molar-refractivity contribution < 1.29 is 38.0 Å². The summed E-state index contributed by atoms with van der Waals surface area (Å²) < 4.78 is 39.4. The van der Waals surface area contributed by atoms with E-state index in [0.717, 1.165) is 114 Å². The topological polar surface area (TPSA) is 89.5 Å². The Bertz CT molecular complexity index is 1830. The molecule has 0 amide bonds. The second-order valence-electron chi connectivity index (χ2n) is 14.4. The van der Waals surface area contributed by atoms with Gasteiger partial charge in [0.15, 0.2) is 13.2 Å². The lowest BCUT2D eigenvalue weighted by molar-refractivity contribution is -0.163. The van der Waals surface area contributed by atoms with E-state index in [2.05, 4.69) is 128 Å². The van der Waals surface area contributed by atoms with Crippen molar-refractivity contribution in [1.82, 2.24) is 0 Å². The van der Waals surface area contributed by atoms with Gasteiger partial charge in [-0.15, -0.1) is 0 Å². The van der Waals surface area contributed by atoms with Crippen molar-refractivity contribution in [2.24, 2.45) is 0 Å². The Balaban J connectivity index is 0.954.